The van der Waals surface area contributed by atoms with E-state index in [1.165, 1.54) is 0 Å². The maximum absolute atomic E-state index is 12.2. The van der Waals surface area contributed by atoms with Gasteiger partial charge in [-0.1, -0.05) is 24.3 Å². The van der Waals surface area contributed by atoms with Gasteiger partial charge < -0.3 is 5.11 Å². The summed E-state index contributed by atoms with van der Waals surface area (Å²) in [5.74, 6) is 0. The Morgan fingerprint density at radius 2 is 1.82 bits per heavy atom. The molecule has 0 radical (unpaired) electrons. The van der Waals surface area contributed by atoms with Crippen molar-refractivity contribution < 1.29 is 9.50 Å². The number of hydrogen-bond donors (Lipinski definition) is 1. The van der Waals surface area contributed by atoms with Crippen molar-refractivity contribution in [3.05, 3.63) is 35.4 Å². The first-order valence-electron chi connectivity index (χ1n) is 3.62. The zero-order valence-corrected chi connectivity index (χ0v) is 6.26. The average molecular weight is 154 g/mol. The smallest absolute Gasteiger partial charge is 0.115 e. The Balaban J connectivity index is 2.83. The van der Waals surface area contributed by atoms with Gasteiger partial charge in [0.1, 0.15) is 6.67 Å². The molecule has 0 aromatic heterocycles. The van der Waals surface area contributed by atoms with E-state index in [0.29, 0.717) is 12.0 Å². The van der Waals surface area contributed by atoms with Crippen LogP contribution in [0.3, 0.4) is 0 Å². The zero-order valence-electron chi connectivity index (χ0n) is 6.26. The lowest BCUT2D eigenvalue weighted by atomic mass is 10.1. The lowest BCUT2D eigenvalue weighted by Gasteiger charge is -2.02. The standard InChI is InChI=1S/C9H11FO/c10-7-9-4-2-1-3-8(9)5-6-11/h1-4,11H,5-7H2. The molecule has 1 aromatic carbocycles. The van der Waals surface area contributed by atoms with Crippen LogP contribution in [0.5, 0.6) is 0 Å². The molecular formula is C9H11FO. The summed E-state index contributed by atoms with van der Waals surface area (Å²) in [6.45, 7) is -0.368. The third-order valence-electron chi connectivity index (χ3n) is 1.64. The predicted octanol–water partition coefficient (Wildman–Crippen LogP) is 1.69. The second kappa shape index (κ2) is 4.09. The van der Waals surface area contributed by atoms with Gasteiger partial charge >= 0.3 is 0 Å². The largest absolute Gasteiger partial charge is 0.396 e. The molecule has 0 saturated carbocycles. The summed E-state index contributed by atoms with van der Waals surface area (Å²) in [7, 11) is 0. The number of hydrogen-bond acceptors (Lipinski definition) is 1. The first-order valence-corrected chi connectivity index (χ1v) is 3.62. The summed E-state index contributed by atoms with van der Waals surface area (Å²) in [5.41, 5.74) is 1.58. The van der Waals surface area contributed by atoms with Gasteiger partial charge in [0.25, 0.3) is 0 Å². The van der Waals surface area contributed by atoms with Crippen molar-refractivity contribution >= 4 is 0 Å². The van der Waals surface area contributed by atoms with Crippen LogP contribution < -0.4 is 0 Å². The van der Waals surface area contributed by atoms with Gasteiger partial charge in [0.15, 0.2) is 0 Å². The lowest BCUT2D eigenvalue weighted by molar-refractivity contribution is 0.298. The van der Waals surface area contributed by atoms with Crippen LogP contribution in [0, 0.1) is 0 Å². The number of aliphatic hydroxyl groups excluding tert-OH is 1. The highest BCUT2D eigenvalue weighted by atomic mass is 19.1. The molecule has 1 N–H and O–H groups in total. The molecule has 0 fully saturated rings. The van der Waals surface area contributed by atoms with Crippen molar-refractivity contribution in [2.75, 3.05) is 6.61 Å². The number of halogens is 1. The second-order valence-electron chi connectivity index (χ2n) is 2.38. The lowest BCUT2D eigenvalue weighted by Crippen LogP contribution is -1.94. The van der Waals surface area contributed by atoms with E-state index in [2.05, 4.69) is 0 Å². The summed E-state index contributed by atoms with van der Waals surface area (Å²) in [4.78, 5) is 0. The van der Waals surface area contributed by atoms with Gasteiger partial charge in [-0.3, -0.25) is 0 Å². The molecule has 0 unspecified atom stereocenters. The van der Waals surface area contributed by atoms with Gasteiger partial charge in [-0.15, -0.1) is 0 Å². The molecule has 0 saturated heterocycles. The fraction of sp³-hybridized carbons (Fsp3) is 0.333. The Labute approximate surface area is 65.5 Å². The molecule has 11 heavy (non-hydrogen) atoms. The summed E-state index contributed by atoms with van der Waals surface area (Å²) >= 11 is 0. The molecule has 2 heteroatoms. The van der Waals surface area contributed by atoms with Crippen LogP contribution in [0.4, 0.5) is 4.39 Å². The van der Waals surface area contributed by atoms with Crippen LogP contribution in [0.1, 0.15) is 11.1 Å². The van der Waals surface area contributed by atoms with Gasteiger partial charge in [-0.25, -0.2) is 4.39 Å². The molecule has 1 rings (SSSR count). The minimum Gasteiger partial charge on any atom is -0.396 e. The van der Waals surface area contributed by atoms with Crippen molar-refractivity contribution in [3.63, 3.8) is 0 Å². The van der Waals surface area contributed by atoms with E-state index in [0.717, 1.165) is 5.56 Å². The van der Waals surface area contributed by atoms with E-state index in [9.17, 15) is 4.39 Å². The zero-order chi connectivity index (χ0) is 8.10. The maximum Gasteiger partial charge on any atom is 0.115 e. The Kier molecular flexibility index (Phi) is 3.05. The van der Waals surface area contributed by atoms with E-state index in [1.807, 2.05) is 12.1 Å². The molecule has 0 heterocycles. The highest BCUT2D eigenvalue weighted by Gasteiger charge is 1.98. The molecule has 0 atom stereocenters. The fourth-order valence-corrected chi connectivity index (χ4v) is 1.05. The van der Waals surface area contributed by atoms with E-state index in [1.54, 1.807) is 12.1 Å². The van der Waals surface area contributed by atoms with Crippen LogP contribution >= 0.6 is 0 Å². The topological polar surface area (TPSA) is 20.2 Å². The molecule has 0 amide bonds. The Morgan fingerprint density at radius 1 is 1.18 bits per heavy atom. The number of benzene rings is 1. The van der Waals surface area contributed by atoms with Gasteiger partial charge in [-0.2, -0.15) is 0 Å². The second-order valence-corrected chi connectivity index (χ2v) is 2.38. The third kappa shape index (κ3) is 2.02. The minimum atomic E-state index is -0.448. The SMILES string of the molecule is OCCc1ccccc1CF. The summed E-state index contributed by atoms with van der Waals surface area (Å²) in [6, 6.07) is 7.23. The number of aliphatic hydroxyl groups is 1. The summed E-state index contributed by atoms with van der Waals surface area (Å²) < 4.78 is 12.2. The Bertz CT molecular complexity index is 223. The Hall–Kier alpha value is -0.890. The molecule has 0 spiro atoms. The normalized spacial score (nSPS) is 10.0. The van der Waals surface area contributed by atoms with E-state index in [-0.39, 0.29) is 6.61 Å². The molecular weight excluding hydrogens is 143 g/mol. The molecule has 0 aliphatic rings. The third-order valence-corrected chi connectivity index (χ3v) is 1.64. The van der Waals surface area contributed by atoms with Crippen LogP contribution in [0.15, 0.2) is 24.3 Å². The first kappa shape index (κ1) is 8.21. The summed E-state index contributed by atoms with van der Waals surface area (Å²) in [6.07, 6.45) is 0.542. The summed E-state index contributed by atoms with van der Waals surface area (Å²) in [5, 5.41) is 8.62. The molecule has 1 nitrogen and oxygen atoms in total. The monoisotopic (exact) mass is 154 g/mol. The quantitative estimate of drug-likeness (QED) is 0.702. The number of rotatable bonds is 3. The van der Waals surface area contributed by atoms with Crippen LogP contribution in [-0.2, 0) is 13.1 Å². The van der Waals surface area contributed by atoms with Crippen LogP contribution in [-0.4, -0.2) is 11.7 Å². The van der Waals surface area contributed by atoms with Crippen LogP contribution in [0.25, 0.3) is 0 Å². The predicted molar refractivity (Wildman–Crippen MR) is 42.0 cm³/mol. The van der Waals surface area contributed by atoms with Crippen molar-refractivity contribution in [2.45, 2.75) is 13.1 Å². The van der Waals surface area contributed by atoms with Gasteiger partial charge in [0.05, 0.1) is 0 Å². The van der Waals surface area contributed by atoms with Crippen molar-refractivity contribution in [3.8, 4) is 0 Å². The van der Waals surface area contributed by atoms with Gasteiger partial charge in [0.2, 0.25) is 0 Å². The van der Waals surface area contributed by atoms with Gasteiger partial charge in [0, 0.05) is 6.61 Å². The highest BCUT2D eigenvalue weighted by molar-refractivity contribution is 5.26. The first-order chi connectivity index (χ1) is 5.38. The molecule has 1 aromatic rings. The molecule has 60 valence electrons. The van der Waals surface area contributed by atoms with Crippen LogP contribution in [0.2, 0.25) is 0 Å². The highest BCUT2D eigenvalue weighted by Crippen LogP contribution is 2.09. The molecule has 0 bridgehead atoms. The van der Waals surface area contributed by atoms with E-state index in [4.69, 9.17) is 5.11 Å². The van der Waals surface area contributed by atoms with Crippen molar-refractivity contribution in [1.29, 1.82) is 0 Å². The van der Waals surface area contributed by atoms with Crippen molar-refractivity contribution in [1.82, 2.24) is 0 Å². The minimum absolute atomic E-state index is 0.0804. The molecule has 0 aliphatic heterocycles. The van der Waals surface area contributed by atoms with Gasteiger partial charge in [-0.05, 0) is 17.5 Å². The van der Waals surface area contributed by atoms with Crippen molar-refractivity contribution in [2.24, 2.45) is 0 Å². The fourth-order valence-electron chi connectivity index (χ4n) is 1.05. The Morgan fingerprint density at radius 3 is 2.36 bits per heavy atom. The number of alkyl halides is 1. The van der Waals surface area contributed by atoms with E-state index < -0.39 is 6.67 Å². The average Bonchev–Trinajstić information content (AvgIpc) is 2.06. The maximum atomic E-state index is 12.2. The molecule has 0 aliphatic carbocycles. The van der Waals surface area contributed by atoms with E-state index >= 15 is 0 Å².